The SMILES string of the molecule is Brc1ccc2c(-c3cccc4ccc(Br)cc34)cccc2c1. The van der Waals surface area contributed by atoms with Gasteiger partial charge in [-0.15, -0.1) is 0 Å². The molecule has 4 aromatic carbocycles. The Kier molecular flexibility index (Phi) is 3.51. The molecule has 0 aromatic heterocycles. The van der Waals surface area contributed by atoms with Crippen LogP contribution in [-0.2, 0) is 0 Å². The van der Waals surface area contributed by atoms with Gasteiger partial charge in [0.25, 0.3) is 0 Å². The molecule has 106 valence electrons. The van der Waals surface area contributed by atoms with Crippen LogP contribution in [0.1, 0.15) is 0 Å². The molecule has 0 heterocycles. The molecule has 4 aromatic rings. The normalized spacial score (nSPS) is 11.2. The zero-order chi connectivity index (χ0) is 15.1. The van der Waals surface area contributed by atoms with Crippen molar-refractivity contribution >= 4 is 53.4 Å². The molecule has 0 nitrogen and oxygen atoms in total. The summed E-state index contributed by atoms with van der Waals surface area (Å²) in [4.78, 5) is 0. The Morgan fingerprint density at radius 2 is 1.14 bits per heavy atom. The Labute approximate surface area is 146 Å². The molecule has 0 atom stereocenters. The van der Waals surface area contributed by atoms with E-state index in [-0.39, 0.29) is 0 Å². The molecular formula is C20H12Br2. The molecule has 0 spiro atoms. The second-order valence-electron chi connectivity index (χ2n) is 5.34. The average molecular weight is 412 g/mol. The monoisotopic (exact) mass is 410 g/mol. The van der Waals surface area contributed by atoms with Crippen LogP contribution in [0, 0.1) is 0 Å². The Morgan fingerprint density at radius 1 is 0.500 bits per heavy atom. The second kappa shape index (κ2) is 5.53. The van der Waals surface area contributed by atoms with E-state index in [4.69, 9.17) is 0 Å². The van der Waals surface area contributed by atoms with Crippen molar-refractivity contribution in [2.45, 2.75) is 0 Å². The minimum absolute atomic E-state index is 1.11. The average Bonchev–Trinajstić information content (AvgIpc) is 2.53. The quantitative estimate of drug-likeness (QED) is 0.311. The van der Waals surface area contributed by atoms with E-state index in [1.165, 1.54) is 32.7 Å². The van der Waals surface area contributed by atoms with Crippen LogP contribution >= 0.6 is 31.9 Å². The standard InChI is InChI=1S/C20H12Br2/c21-15-9-10-17-14(11-15)4-2-5-18(17)19-6-1-3-13-7-8-16(22)12-20(13)19/h1-12H. The first-order valence-corrected chi connectivity index (χ1v) is 8.68. The van der Waals surface area contributed by atoms with Crippen molar-refractivity contribution in [1.82, 2.24) is 0 Å². The largest absolute Gasteiger partial charge is 0.0610 e. The van der Waals surface area contributed by atoms with Crippen LogP contribution in [0.3, 0.4) is 0 Å². The topological polar surface area (TPSA) is 0 Å². The predicted molar refractivity (Wildman–Crippen MR) is 102 cm³/mol. The summed E-state index contributed by atoms with van der Waals surface area (Å²) in [6.45, 7) is 0. The summed E-state index contributed by atoms with van der Waals surface area (Å²) in [5.74, 6) is 0. The number of rotatable bonds is 1. The minimum Gasteiger partial charge on any atom is -0.0610 e. The Morgan fingerprint density at radius 3 is 1.95 bits per heavy atom. The van der Waals surface area contributed by atoms with Crippen LogP contribution in [0.2, 0.25) is 0 Å². The van der Waals surface area contributed by atoms with E-state index in [1.807, 2.05) is 0 Å². The van der Waals surface area contributed by atoms with Crippen LogP contribution in [-0.4, -0.2) is 0 Å². The van der Waals surface area contributed by atoms with Gasteiger partial charge in [-0.2, -0.15) is 0 Å². The summed E-state index contributed by atoms with van der Waals surface area (Å²) in [6.07, 6.45) is 0. The van der Waals surface area contributed by atoms with Crippen LogP contribution in [0.4, 0.5) is 0 Å². The summed E-state index contributed by atoms with van der Waals surface area (Å²) < 4.78 is 2.22. The first kappa shape index (κ1) is 14.0. The molecule has 0 fully saturated rings. The van der Waals surface area contributed by atoms with Gasteiger partial charge >= 0.3 is 0 Å². The fraction of sp³-hybridized carbons (Fsp3) is 0. The number of hydrogen-bond acceptors (Lipinski definition) is 0. The lowest BCUT2D eigenvalue weighted by atomic mass is 9.94. The third kappa shape index (κ3) is 2.37. The number of hydrogen-bond donors (Lipinski definition) is 0. The fourth-order valence-electron chi connectivity index (χ4n) is 2.97. The summed E-state index contributed by atoms with van der Waals surface area (Å²) in [6, 6.07) is 25.9. The molecule has 0 saturated heterocycles. The number of fused-ring (bicyclic) bond motifs is 2. The van der Waals surface area contributed by atoms with E-state index in [1.54, 1.807) is 0 Å². The van der Waals surface area contributed by atoms with Crippen LogP contribution < -0.4 is 0 Å². The van der Waals surface area contributed by atoms with E-state index < -0.39 is 0 Å². The first-order chi connectivity index (χ1) is 10.7. The van der Waals surface area contributed by atoms with Gasteiger partial charge in [-0.05, 0) is 56.9 Å². The van der Waals surface area contributed by atoms with Gasteiger partial charge in [-0.1, -0.05) is 80.4 Å². The maximum atomic E-state index is 3.59. The molecule has 0 saturated carbocycles. The maximum Gasteiger partial charge on any atom is 0.0181 e. The fourth-order valence-corrected chi connectivity index (χ4v) is 3.71. The van der Waals surface area contributed by atoms with Crippen molar-refractivity contribution < 1.29 is 0 Å². The Hall–Kier alpha value is -1.64. The molecule has 0 aliphatic rings. The highest BCUT2D eigenvalue weighted by Crippen LogP contribution is 2.35. The minimum atomic E-state index is 1.11. The lowest BCUT2D eigenvalue weighted by Gasteiger charge is -2.11. The number of halogens is 2. The van der Waals surface area contributed by atoms with Gasteiger partial charge in [-0.3, -0.25) is 0 Å². The van der Waals surface area contributed by atoms with Crippen LogP contribution in [0.5, 0.6) is 0 Å². The van der Waals surface area contributed by atoms with Gasteiger partial charge in [0, 0.05) is 8.95 Å². The molecule has 4 rings (SSSR count). The maximum absolute atomic E-state index is 3.59. The van der Waals surface area contributed by atoms with Gasteiger partial charge in [0.15, 0.2) is 0 Å². The summed E-state index contributed by atoms with van der Waals surface area (Å²) in [5.41, 5.74) is 2.54. The van der Waals surface area contributed by atoms with Crippen molar-refractivity contribution in [3.05, 3.63) is 81.7 Å². The zero-order valence-electron chi connectivity index (χ0n) is 11.7. The second-order valence-corrected chi connectivity index (χ2v) is 7.17. The summed E-state index contributed by atoms with van der Waals surface area (Å²) in [7, 11) is 0. The van der Waals surface area contributed by atoms with Crippen molar-refractivity contribution in [2.75, 3.05) is 0 Å². The molecule has 0 bridgehead atoms. The highest BCUT2D eigenvalue weighted by atomic mass is 79.9. The molecular weight excluding hydrogens is 400 g/mol. The molecule has 0 amide bonds. The summed E-state index contributed by atoms with van der Waals surface area (Å²) in [5, 5.41) is 5.05. The highest BCUT2D eigenvalue weighted by Gasteiger charge is 2.08. The van der Waals surface area contributed by atoms with E-state index in [0.717, 1.165) is 8.95 Å². The summed E-state index contributed by atoms with van der Waals surface area (Å²) >= 11 is 7.15. The van der Waals surface area contributed by atoms with Gasteiger partial charge in [0.2, 0.25) is 0 Å². The van der Waals surface area contributed by atoms with Crippen LogP contribution in [0.15, 0.2) is 81.7 Å². The lowest BCUT2D eigenvalue weighted by Crippen LogP contribution is -1.84. The van der Waals surface area contributed by atoms with Gasteiger partial charge < -0.3 is 0 Å². The molecule has 0 aliphatic carbocycles. The predicted octanol–water partition coefficient (Wildman–Crippen LogP) is 7.19. The lowest BCUT2D eigenvalue weighted by molar-refractivity contribution is 1.65. The first-order valence-electron chi connectivity index (χ1n) is 7.09. The molecule has 22 heavy (non-hydrogen) atoms. The van der Waals surface area contributed by atoms with E-state index in [9.17, 15) is 0 Å². The van der Waals surface area contributed by atoms with Crippen molar-refractivity contribution in [3.8, 4) is 11.1 Å². The molecule has 0 aliphatic heterocycles. The molecule has 0 unspecified atom stereocenters. The Balaban J connectivity index is 2.09. The van der Waals surface area contributed by atoms with Gasteiger partial charge in [-0.25, -0.2) is 0 Å². The van der Waals surface area contributed by atoms with E-state index >= 15 is 0 Å². The van der Waals surface area contributed by atoms with Crippen molar-refractivity contribution in [2.24, 2.45) is 0 Å². The zero-order valence-corrected chi connectivity index (χ0v) is 14.9. The van der Waals surface area contributed by atoms with Gasteiger partial charge in [0.1, 0.15) is 0 Å². The molecule has 0 N–H and O–H groups in total. The highest BCUT2D eigenvalue weighted by molar-refractivity contribution is 9.10. The number of benzene rings is 4. The van der Waals surface area contributed by atoms with E-state index in [0.29, 0.717) is 0 Å². The third-order valence-electron chi connectivity index (χ3n) is 3.98. The van der Waals surface area contributed by atoms with Crippen molar-refractivity contribution in [3.63, 3.8) is 0 Å². The Bertz CT molecular complexity index is 1000. The third-order valence-corrected chi connectivity index (χ3v) is 4.96. The van der Waals surface area contributed by atoms with E-state index in [2.05, 4.69) is 105 Å². The molecule has 0 radical (unpaired) electrons. The van der Waals surface area contributed by atoms with Gasteiger partial charge in [0.05, 0.1) is 0 Å². The smallest absolute Gasteiger partial charge is 0.0181 e. The van der Waals surface area contributed by atoms with Crippen molar-refractivity contribution in [1.29, 1.82) is 0 Å². The molecule has 2 heteroatoms. The van der Waals surface area contributed by atoms with Crippen LogP contribution in [0.25, 0.3) is 32.7 Å².